The zero-order valence-electron chi connectivity index (χ0n) is 10.1. The van der Waals surface area contributed by atoms with Crippen molar-refractivity contribution in [3.63, 3.8) is 0 Å². The van der Waals surface area contributed by atoms with Gasteiger partial charge in [0.1, 0.15) is 0 Å². The molecule has 0 radical (unpaired) electrons. The molecule has 0 fully saturated rings. The summed E-state index contributed by atoms with van der Waals surface area (Å²) in [6.45, 7) is 3.02. The molecular formula is C12H7F7O2. The smallest absolute Gasteiger partial charge is 0.392 e. The van der Waals surface area contributed by atoms with E-state index in [4.69, 9.17) is 0 Å². The highest BCUT2D eigenvalue weighted by Crippen LogP contribution is 2.47. The number of halogens is 7. The topological polar surface area (TPSA) is 26.3 Å². The molecule has 0 aliphatic carbocycles. The first-order chi connectivity index (χ1) is 9.40. The van der Waals surface area contributed by atoms with E-state index in [1.807, 2.05) is 0 Å². The third kappa shape index (κ3) is 3.34. The summed E-state index contributed by atoms with van der Waals surface area (Å²) < 4.78 is 89.4. The van der Waals surface area contributed by atoms with Crippen molar-refractivity contribution in [1.29, 1.82) is 0 Å². The summed E-state index contributed by atoms with van der Waals surface area (Å²) >= 11 is 0. The Hall–Kier alpha value is -2.06. The van der Waals surface area contributed by atoms with E-state index in [1.165, 1.54) is 30.3 Å². The molecule has 0 saturated heterocycles. The second-order valence-corrected chi connectivity index (χ2v) is 3.82. The Morgan fingerprint density at radius 2 is 1.43 bits per heavy atom. The first-order valence-corrected chi connectivity index (χ1v) is 5.20. The van der Waals surface area contributed by atoms with Crippen LogP contribution in [-0.4, -0.2) is 24.2 Å². The molecule has 0 spiro atoms. The Labute approximate surface area is 113 Å². The first-order valence-electron chi connectivity index (χ1n) is 5.20. The standard InChI is InChI=1S/C12H7F7O2/c1-7(8-5-3-2-4-6-8)9(20)21-12(18,19)10(13,14)11(15,16)17/h2-6H,1H2. The van der Waals surface area contributed by atoms with Gasteiger partial charge in [-0.25, -0.2) is 4.79 Å². The molecular weight excluding hydrogens is 309 g/mol. The highest BCUT2D eigenvalue weighted by atomic mass is 19.4. The van der Waals surface area contributed by atoms with E-state index >= 15 is 0 Å². The number of esters is 1. The molecule has 2 nitrogen and oxygen atoms in total. The zero-order valence-corrected chi connectivity index (χ0v) is 10.1. The summed E-state index contributed by atoms with van der Waals surface area (Å²) in [6.07, 6.45) is -12.6. The van der Waals surface area contributed by atoms with Crippen molar-refractivity contribution in [3.8, 4) is 0 Å². The van der Waals surface area contributed by atoms with Crippen LogP contribution in [0.25, 0.3) is 5.57 Å². The number of hydrogen-bond acceptors (Lipinski definition) is 2. The maximum Gasteiger partial charge on any atom is 0.476 e. The van der Waals surface area contributed by atoms with Gasteiger partial charge in [0.2, 0.25) is 0 Å². The van der Waals surface area contributed by atoms with Crippen LogP contribution in [0, 0.1) is 0 Å². The third-order valence-electron chi connectivity index (χ3n) is 2.31. The summed E-state index contributed by atoms with van der Waals surface area (Å²) in [5.41, 5.74) is -0.845. The molecule has 0 unspecified atom stereocenters. The lowest BCUT2D eigenvalue weighted by atomic mass is 10.1. The largest absolute Gasteiger partial charge is 0.476 e. The predicted molar refractivity (Wildman–Crippen MR) is 57.5 cm³/mol. The number of ether oxygens (including phenoxy) is 1. The third-order valence-corrected chi connectivity index (χ3v) is 2.31. The van der Waals surface area contributed by atoms with Crippen molar-refractivity contribution in [3.05, 3.63) is 42.5 Å². The SMILES string of the molecule is C=C(C(=O)OC(F)(F)C(F)(F)C(F)(F)F)c1ccccc1. The molecule has 116 valence electrons. The molecule has 1 aromatic carbocycles. The molecule has 0 aromatic heterocycles. The van der Waals surface area contributed by atoms with Crippen LogP contribution in [-0.2, 0) is 9.53 Å². The molecule has 0 heterocycles. The maximum atomic E-state index is 12.9. The molecule has 9 heteroatoms. The van der Waals surface area contributed by atoms with Crippen LogP contribution < -0.4 is 0 Å². The van der Waals surface area contributed by atoms with Gasteiger partial charge >= 0.3 is 24.2 Å². The maximum absolute atomic E-state index is 12.9. The summed E-state index contributed by atoms with van der Waals surface area (Å²) in [5, 5.41) is 0. The Kier molecular flexibility index (Phi) is 4.35. The predicted octanol–water partition coefficient (Wildman–Crippen LogP) is 4.03. The van der Waals surface area contributed by atoms with E-state index in [0.29, 0.717) is 0 Å². The van der Waals surface area contributed by atoms with Gasteiger partial charge in [-0.3, -0.25) is 0 Å². The zero-order chi connectivity index (χ0) is 16.5. The Balaban J connectivity index is 2.95. The lowest BCUT2D eigenvalue weighted by Gasteiger charge is -2.27. The van der Waals surface area contributed by atoms with E-state index in [-0.39, 0.29) is 5.56 Å². The van der Waals surface area contributed by atoms with E-state index in [2.05, 4.69) is 11.3 Å². The van der Waals surface area contributed by atoms with Gasteiger partial charge < -0.3 is 4.74 Å². The molecule has 0 aliphatic heterocycles. The van der Waals surface area contributed by atoms with Gasteiger partial charge in [0.05, 0.1) is 5.57 Å². The van der Waals surface area contributed by atoms with E-state index < -0.39 is 29.7 Å². The normalized spacial score (nSPS) is 12.9. The summed E-state index contributed by atoms with van der Waals surface area (Å²) in [6, 6.07) is 6.66. The van der Waals surface area contributed by atoms with Gasteiger partial charge in [0.25, 0.3) is 0 Å². The van der Waals surface area contributed by atoms with Crippen LogP contribution in [0.3, 0.4) is 0 Å². The van der Waals surface area contributed by atoms with Gasteiger partial charge in [0, 0.05) is 0 Å². The highest BCUT2D eigenvalue weighted by Gasteiger charge is 2.76. The molecule has 1 rings (SSSR count). The second-order valence-electron chi connectivity index (χ2n) is 3.82. The van der Waals surface area contributed by atoms with Crippen molar-refractivity contribution in [2.24, 2.45) is 0 Å². The molecule has 0 atom stereocenters. The quantitative estimate of drug-likeness (QED) is 0.476. The summed E-state index contributed by atoms with van der Waals surface area (Å²) in [7, 11) is 0. The van der Waals surface area contributed by atoms with Crippen LogP contribution in [0.4, 0.5) is 30.7 Å². The minimum absolute atomic E-state index is 0.0615. The molecule has 21 heavy (non-hydrogen) atoms. The Bertz CT molecular complexity index is 534. The van der Waals surface area contributed by atoms with E-state index in [9.17, 15) is 35.5 Å². The van der Waals surface area contributed by atoms with Gasteiger partial charge in [-0.2, -0.15) is 30.7 Å². The highest BCUT2D eigenvalue weighted by molar-refractivity contribution is 6.15. The van der Waals surface area contributed by atoms with Crippen molar-refractivity contribution in [2.75, 3.05) is 0 Å². The van der Waals surface area contributed by atoms with Gasteiger partial charge in [-0.1, -0.05) is 36.9 Å². The number of alkyl halides is 7. The van der Waals surface area contributed by atoms with Crippen LogP contribution in [0.1, 0.15) is 5.56 Å². The van der Waals surface area contributed by atoms with Crippen LogP contribution in [0.2, 0.25) is 0 Å². The molecule has 0 amide bonds. The van der Waals surface area contributed by atoms with Crippen LogP contribution in [0.5, 0.6) is 0 Å². The fourth-order valence-corrected chi connectivity index (χ4v) is 1.16. The number of carbonyl (C=O) groups excluding carboxylic acids is 1. The fraction of sp³-hybridized carbons (Fsp3) is 0.250. The lowest BCUT2D eigenvalue weighted by Crippen LogP contribution is -2.54. The Morgan fingerprint density at radius 3 is 1.86 bits per heavy atom. The number of benzene rings is 1. The summed E-state index contributed by atoms with van der Waals surface area (Å²) in [5.74, 6) is -8.61. The monoisotopic (exact) mass is 316 g/mol. The van der Waals surface area contributed by atoms with Crippen LogP contribution in [0.15, 0.2) is 36.9 Å². The lowest BCUT2D eigenvalue weighted by molar-refractivity contribution is -0.411. The molecule has 1 aromatic rings. The van der Waals surface area contributed by atoms with Gasteiger partial charge in [-0.15, -0.1) is 0 Å². The first kappa shape index (κ1) is 17.0. The average Bonchev–Trinajstić information content (AvgIpc) is 2.36. The average molecular weight is 316 g/mol. The fourth-order valence-electron chi connectivity index (χ4n) is 1.16. The van der Waals surface area contributed by atoms with Crippen molar-refractivity contribution < 1.29 is 40.3 Å². The molecule has 0 aliphatic rings. The van der Waals surface area contributed by atoms with E-state index in [0.717, 1.165) is 0 Å². The van der Waals surface area contributed by atoms with Crippen molar-refractivity contribution >= 4 is 11.5 Å². The second kappa shape index (κ2) is 5.38. The van der Waals surface area contributed by atoms with Gasteiger partial charge in [0.15, 0.2) is 0 Å². The number of rotatable bonds is 4. The number of carbonyl (C=O) groups is 1. The Morgan fingerprint density at radius 1 is 0.952 bits per heavy atom. The van der Waals surface area contributed by atoms with Crippen LogP contribution >= 0.6 is 0 Å². The number of hydrogen-bond donors (Lipinski definition) is 0. The van der Waals surface area contributed by atoms with Gasteiger partial charge in [-0.05, 0) is 5.56 Å². The minimum atomic E-state index is -6.58. The van der Waals surface area contributed by atoms with E-state index in [1.54, 1.807) is 0 Å². The minimum Gasteiger partial charge on any atom is -0.392 e. The van der Waals surface area contributed by atoms with Crippen molar-refractivity contribution in [1.82, 2.24) is 0 Å². The molecule has 0 saturated carbocycles. The molecule has 0 bridgehead atoms. The molecule has 0 N–H and O–H groups in total. The summed E-state index contributed by atoms with van der Waals surface area (Å²) in [4.78, 5) is 11.2. The van der Waals surface area contributed by atoms with Crippen molar-refractivity contribution in [2.45, 2.75) is 18.2 Å².